The lowest BCUT2D eigenvalue weighted by atomic mass is 10.1. The minimum absolute atomic E-state index is 0.0695. The number of carbonyl (C=O) groups excluding carboxylic acids is 2. The second-order valence-corrected chi connectivity index (χ2v) is 6.32. The van der Waals surface area contributed by atoms with E-state index in [1.807, 2.05) is 4.90 Å². The Labute approximate surface area is 120 Å². The van der Waals surface area contributed by atoms with Gasteiger partial charge in [-0.2, -0.15) is 0 Å². The summed E-state index contributed by atoms with van der Waals surface area (Å²) in [5.74, 6) is 0.0108. The highest BCUT2D eigenvalue weighted by Gasteiger charge is 2.36. The SMILES string of the molecule is O=C(NC1CCCC1)C1CC(=O)N(CC2CCCO2)C1. The van der Waals surface area contributed by atoms with Crippen LogP contribution in [0.4, 0.5) is 0 Å². The van der Waals surface area contributed by atoms with Crippen LogP contribution in [0.15, 0.2) is 0 Å². The third-order valence-electron chi connectivity index (χ3n) is 4.73. The molecule has 2 unspecified atom stereocenters. The Kier molecular flexibility index (Phi) is 4.24. The maximum Gasteiger partial charge on any atom is 0.225 e. The molecule has 5 nitrogen and oxygen atoms in total. The summed E-state index contributed by atoms with van der Waals surface area (Å²) >= 11 is 0. The van der Waals surface area contributed by atoms with Crippen molar-refractivity contribution < 1.29 is 14.3 Å². The second-order valence-electron chi connectivity index (χ2n) is 6.32. The van der Waals surface area contributed by atoms with E-state index in [1.165, 1.54) is 12.8 Å². The average Bonchev–Trinajstić information content (AvgIpc) is 3.13. The van der Waals surface area contributed by atoms with E-state index in [2.05, 4.69) is 5.32 Å². The van der Waals surface area contributed by atoms with Crippen molar-refractivity contribution in [3.63, 3.8) is 0 Å². The number of nitrogens with one attached hydrogen (secondary N) is 1. The lowest BCUT2D eigenvalue weighted by Crippen LogP contribution is -2.39. The first-order chi connectivity index (χ1) is 9.72. The molecule has 20 heavy (non-hydrogen) atoms. The molecule has 2 saturated heterocycles. The molecular formula is C15H24N2O3. The van der Waals surface area contributed by atoms with Crippen molar-refractivity contribution in [3.05, 3.63) is 0 Å². The van der Waals surface area contributed by atoms with Crippen LogP contribution in [0.25, 0.3) is 0 Å². The Balaban J connectivity index is 1.48. The molecule has 2 amide bonds. The summed E-state index contributed by atoms with van der Waals surface area (Å²) in [6.45, 7) is 2.03. The molecule has 0 spiro atoms. The number of carbonyl (C=O) groups is 2. The molecule has 0 aromatic carbocycles. The molecule has 1 saturated carbocycles. The molecule has 112 valence electrons. The van der Waals surface area contributed by atoms with Crippen LogP contribution in [0.3, 0.4) is 0 Å². The lowest BCUT2D eigenvalue weighted by molar-refractivity contribution is -0.130. The fourth-order valence-electron chi connectivity index (χ4n) is 3.55. The molecule has 2 aliphatic heterocycles. The number of ether oxygens (including phenoxy) is 1. The van der Waals surface area contributed by atoms with Crippen molar-refractivity contribution in [1.29, 1.82) is 0 Å². The van der Waals surface area contributed by atoms with Crippen LogP contribution in [0.1, 0.15) is 44.9 Å². The van der Waals surface area contributed by atoms with Gasteiger partial charge in [0.15, 0.2) is 0 Å². The molecule has 1 N–H and O–H groups in total. The third kappa shape index (κ3) is 3.14. The van der Waals surface area contributed by atoms with Crippen molar-refractivity contribution in [1.82, 2.24) is 10.2 Å². The van der Waals surface area contributed by atoms with Gasteiger partial charge in [0.25, 0.3) is 0 Å². The van der Waals surface area contributed by atoms with Crippen LogP contribution in [0.2, 0.25) is 0 Å². The van der Waals surface area contributed by atoms with E-state index in [0.717, 1.165) is 32.3 Å². The van der Waals surface area contributed by atoms with Crippen molar-refractivity contribution in [2.45, 2.75) is 57.1 Å². The second kappa shape index (κ2) is 6.12. The van der Waals surface area contributed by atoms with Gasteiger partial charge in [-0.3, -0.25) is 9.59 Å². The van der Waals surface area contributed by atoms with E-state index in [0.29, 0.717) is 25.6 Å². The average molecular weight is 280 g/mol. The molecule has 0 radical (unpaired) electrons. The van der Waals surface area contributed by atoms with Crippen molar-refractivity contribution in [2.24, 2.45) is 5.92 Å². The van der Waals surface area contributed by atoms with Crippen LogP contribution < -0.4 is 5.32 Å². The first-order valence-corrected chi connectivity index (χ1v) is 7.92. The van der Waals surface area contributed by atoms with Crippen LogP contribution >= 0.6 is 0 Å². The van der Waals surface area contributed by atoms with Gasteiger partial charge in [-0.15, -0.1) is 0 Å². The van der Waals surface area contributed by atoms with Gasteiger partial charge >= 0.3 is 0 Å². The zero-order chi connectivity index (χ0) is 13.9. The summed E-state index contributed by atoms with van der Waals surface area (Å²) in [6.07, 6.45) is 7.25. The topological polar surface area (TPSA) is 58.6 Å². The van der Waals surface area contributed by atoms with Gasteiger partial charge < -0.3 is 15.0 Å². The van der Waals surface area contributed by atoms with Gasteiger partial charge in [-0.25, -0.2) is 0 Å². The Bertz CT molecular complexity index is 373. The number of likely N-dealkylation sites (tertiary alicyclic amines) is 1. The molecule has 5 heteroatoms. The van der Waals surface area contributed by atoms with Gasteiger partial charge in [-0.05, 0) is 25.7 Å². The Morgan fingerprint density at radius 3 is 2.75 bits per heavy atom. The summed E-state index contributed by atoms with van der Waals surface area (Å²) in [4.78, 5) is 26.0. The van der Waals surface area contributed by atoms with Crippen LogP contribution in [-0.4, -0.2) is 48.6 Å². The minimum atomic E-state index is -0.162. The molecule has 2 atom stereocenters. The van der Waals surface area contributed by atoms with Gasteiger partial charge in [0.1, 0.15) is 0 Å². The summed E-state index contributed by atoms with van der Waals surface area (Å²) < 4.78 is 5.57. The van der Waals surface area contributed by atoms with Gasteiger partial charge in [0.2, 0.25) is 11.8 Å². The number of hydrogen-bond donors (Lipinski definition) is 1. The van der Waals surface area contributed by atoms with E-state index in [9.17, 15) is 9.59 Å². The van der Waals surface area contributed by atoms with Crippen LogP contribution in [0.5, 0.6) is 0 Å². The highest BCUT2D eigenvalue weighted by Crippen LogP contribution is 2.23. The maximum absolute atomic E-state index is 12.2. The fraction of sp³-hybridized carbons (Fsp3) is 0.867. The number of rotatable bonds is 4. The largest absolute Gasteiger partial charge is 0.376 e. The standard InChI is InChI=1S/C15H24N2O3/c18-14-8-11(15(19)16-12-4-1-2-5-12)9-17(14)10-13-6-3-7-20-13/h11-13H,1-10H2,(H,16,19). The predicted molar refractivity (Wildman–Crippen MR) is 74.1 cm³/mol. The van der Waals surface area contributed by atoms with Gasteiger partial charge in [-0.1, -0.05) is 12.8 Å². The first kappa shape index (κ1) is 13.9. The number of nitrogens with zero attached hydrogens (tertiary/aromatic N) is 1. The van der Waals surface area contributed by atoms with E-state index >= 15 is 0 Å². The minimum Gasteiger partial charge on any atom is -0.376 e. The molecular weight excluding hydrogens is 256 g/mol. The molecule has 3 rings (SSSR count). The van der Waals surface area contributed by atoms with Crippen LogP contribution in [-0.2, 0) is 14.3 Å². The van der Waals surface area contributed by atoms with Crippen molar-refractivity contribution >= 4 is 11.8 Å². The molecule has 0 aromatic heterocycles. The van der Waals surface area contributed by atoms with Gasteiger partial charge in [0, 0.05) is 32.2 Å². The molecule has 0 aromatic rings. The zero-order valence-electron chi connectivity index (χ0n) is 12.0. The first-order valence-electron chi connectivity index (χ1n) is 7.92. The van der Waals surface area contributed by atoms with Crippen molar-refractivity contribution in [3.8, 4) is 0 Å². The van der Waals surface area contributed by atoms with Crippen LogP contribution in [0, 0.1) is 5.92 Å². The quantitative estimate of drug-likeness (QED) is 0.838. The lowest BCUT2D eigenvalue weighted by Gasteiger charge is -2.20. The Morgan fingerprint density at radius 1 is 1.25 bits per heavy atom. The van der Waals surface area contributed by atoms with E-state index in [1.54, 1.807) is 0 Å². The van der Waals surface area contributed by atoms with E-state index in [-0.39, 0.29) is 23.8 Å². The summed E-state index contributed by atoms with van der Waals surface area (Å²) in [6, 6.07) is 0.338. The van der Waals surface area contributed by atoms with Gasteiger partial charge in [0.05, 0.1) is 12.0 Å². The molecule has 3 aliphatic rings. The summed E-state index contributed by atoms with van der Waals surface area (Å²) in [7, 11) is 0. The molecule has 0 bridgehead atoms. The third-order valence-corrected chi connectivity index (χ3v) is 4.73. The zero-order valence-corrected chi connectivity index (χ0v) is 12.0. The Morgan fingerprint density at radius 2 is 2.05 bits per heavy atom. The van der Waals surface area contributed by atoms with E-state index in [4.69, 9.17) is 4.74 Å². The predicted octanol–water partition coefficient (Wildman–Crippen LogP) is 1.07. The fourth-order valence-corrected chi connectivity index (χ4v) is 3.55. The maximum atomic E-state index is 12.2. The Hall–Kier alpha value is -1.10. The highest BCUT2D eigenvalue weighted by atomic mass is 16.5. The molecule has 1 aliphatic carbocycles. The smallest absolute Gasteiger partial charge is 0.225 e. The molecule has 2 heterocycles. The summed E-state index contributed by atoms with van der Waals surface area (Å²) in [5, 5.41) is 3.11. The number of amides is 2. The summed E-state index contributed by atoms with van der Waals surface area (Å²) in [5.41, 5.74) is 0. The van der Waals surface area contributed by atoms with Crippen molar-refractivity contribution in [2.75, 3.05) is 19.7 Å². The normalized spacial score (nSPS) is 31.2. The highest BCUT2D eigenvalue weighted by molar-refractivity contribution is 5.89. The van der Waals surface area contributed by atoms with E-state index < -0.39 is 0 Å². The monoisotopic (exact) mass is 280 g/mol. The number of hydrogen-bond acceptors (Lipinski definition) is 3. The molecule has 3 fully saturated rings.